The smallest absolute Gasteiger partial charge is 0.00699 e. The van der Waals surface area contributed by atoms with Crippen LogP contribution < -0.4 is 5.73 Å². The summed E-state index contributed by atoms with van der Waals surface area (Å²) < 4.78 is 0. The standard InChI is InChI=1S/C13H26N2/c1-11-4-3-5-12(2)15(11)10-13(6-7-13)8-9-14/h11-12H,3-10,14H2,1-2H3. The van der Waals surface area contributed by atoms with Gasteiger partial charge in [0.25, 0.3) is 0 Å². The minimum atomic E-state index is 0.620. The number of nitrogens with zero attached hydrogens (tertiary/aromatic N) is 1. The van der Waals surface area contributed by atoms with E-state index in [4.69, 9.17) is 5.73 Å². The average Bonchev–Trinajstić information content (AvgIpc) is 2.93. The van der Waals surface area contributed by atoms with Gasteiger partial charge >= 0.3 is 0 Å². The van der Waals surface area contributed by atoms with Gasteiger partial charge in [-0.1, -0.05) is 6.42 Å². The van der Waals surface area contributed by atoms with Crippen LogP contribution in [-0.4, -0.2) is 30.1 Å². The highest BCUT2D eigenvalue weighted by atomic mass is 15.2. The first kappa shape index (κ1) is 11.4. The molecule has 0 amide bonds. The van der Waals surface area contributed by atoms with Crippen molar-refractivity contribution in [2.75, 3.05) is 13.1 Å². The Labute approximate surface area is 94.2 Å². The molecule has 2 unspecified atom stereocenters. The molecule has 1 aliphatic heterocycles. The van der Waals surface area contributed by atoms with Crippen LogP contribution in [0.2, 0.25) is 0 Å². The molecule has 1 aliphatic carbocycles. The van der Waals surface area contributed by atoms with Crippen LogP contribution in [-0.2, 0) is 0 Å². The van der Waals surface area contributed by atoms with Crippen molar-refractivity contribution in [1.29, 1.82) is 0 Å². The monoisotopic (exact) mass is 210 g/mol. The molecule has 2 atom stereocenters. The van der Waals surface area contributed by atoms with Gasteiger partial charge in [-0.2, -0.15) is 0 Å². The normalized spacial score (nSPS) is 35.4. The number of hydrogen-bond acceptors (Lipinski definition) is 2. The van der Waals surface area contributed by atoms with Gasteiger partial charge in [0.1, 0.15) is 0 Å². The summed E-state index contributed by atoms with van der Waals surface area (Å²) in [5.74, 6) is 0. The third-order valence-electron chi connectivity index (χ3n) is 4.53. The van der Waals surface area contributed by atoms with Crippen molar-refractivity contribution in [3.05, 3.63) is 0 Å². The van der Waals surface area contributed by atoms with Gasteiger partial charge in [0, 0.05) is 18.6 Å². The molecule has 88 valence electrons. The lowest BCUT2D eigenvalue weighted by molar-refractivity contribution is 0.0766. The van der Waals surface area contributed by atoms with Crippen molar-refractivity contribution in [2.45, 2.75) is 64.5 Å². The van der Waals surface area contributed by atoms with Gasteiger partial charge < -0.3 is 5.73 Å². The molecule has 2 N–H and O–H groups in total. The Balaban J connectivity index is 1.91. The van der Waals surface area contributed by atoms with Gasteiger partial charge in [0.2, 0.25) is 0 Å². The lowest BCUT2D eigenvalue weighted by Crippen LogP contribution is -2.46. The summed E-state index contributed by atoms with van der Waals surface area (Å²) >= 11 is 0. The van der Waals surface area contributed by atoms with Crippen LogP contribution in [0.15, 0.2) is 0 Å². The average molecular weight is 210 g/mol. The van der Waals surface area contributed by atoms with Crippen LogP contribution in [0.4, 0.5) is 0 Å². The van der Waals surface area contributed by atoms with Crippen molar-refractivity contribution >= 4 is 0 Å². The van der Waals surface area contributed by atoms with Gasteiger partial charge in [-0.25, -0.2) is 0 Å². The quantitative estimate of drug-likeness (QED) is 0.772. The van der Waals surface area contributed by atoms with Crippen LogP contribution in [0, 0.1) is 5.41 Å². The Bertz CT molecular complexity index is 201. The number of nitrogens with two attached hydrogens (primary N) is 1. The lowest BCUT2D eigenvalue weighted by atomic mass is 9.93. The Morgan fingerprint density at radius 3 is 2.27 bits per heavy atom. The van der Waals surface area contributed by atoms with E-state index in [1.807, 2.05) is 0 Å². The summed E-state index contributed by atoms with van der Waals surface area (Å²) in [6.45, 7) is 6.98. The van der Waals surface area contributed by atoms with E-state index < -0.39 is 0 Å². The van der Waals surface area contributed by atoms with E-state index in [9.17, 15) is 0 Å². The predicted molar refractivity (Wildman–Crippen MR) is 64.8 cm³/mol. The van der Waals surface area contributed by atoms with Gasteiger partial charge in [0.05, 0.1) is 0 Å². The zero-order chi connectivity index (χ0) is 10.9. The molecule has 2 aliphatic rings. The maximum Gasteiger partial charge on any atom is 0.00699 e. The van der Waals surface area contributed by atoms with Crippen LogP contribution in [0.25, 0.3) is 0 Å². The highest BCUT2D eigenvalue weighted by Gasteiger charge is 2.44. The van der Waals surface area contributed by atoms with Crippen molar-refractivity contribution in [3.63, 3.8) is 0 Å². The first-order chi connectivity index (χ1) is 7.17. The van der Waals surface area contributed by atoms with E-state index in [0.29, 0.717) is 5.41 Å². The SMILES string of the molecule is CC1CCCC(C)N1CC1(CCN)CC1. The Morgan fingerprint density at radius 1 is 1.20 bits per heavy atom. The largest absolute Gasteiger partial charge is 0.330 e. The van der Waals surface area contributed by atoms with E-state index in [1.54, 1.807) is 0 Å². The third-order valence-corrected chi connectivity index (χ3v) is 4.53. The zero-order valence-electron chi connectivity index (χ0n) is 10.3. The minimum Gasteiger partial charge on any atom is -0.330 e. The number of piperidine rings is 1. The molecule has 0 aromatic heterocycles. The molecular weight excluding hydrogens is 184 g/mol. The van der Waals surface area contributed by atoms with Gasteiger partial charge in [0.15, 0.2) is 0 Å². The molecule has 0 bridgehead atoms. The number of hydrogen-bond donors (Lipinski definition) is 1. The molecule has 2 heteroatoms. The Hall–Kier alpha value is -0.0800. The molecule has 0 aromatic rings. The van der Waals surface area contributed by atoms with Crippen LogP contribution in [0.1, 0.15) is 52.4 Å². The second-order valence-electron chi connectivity index (χ2n) is 5.84. The molecule has 2 fully saturated rings. The third kappa shape index (κ3) is 2.54. The van der Waals surface area contributed by atoms with Gasteiger partial charge in [-0.15, -0.1) is 0 Å². The topological polar surface area (TPSA) is 29.3 Å². The van der Waals surface area contributed by atoms with Crippen molar-refractivity contribution in [2.24, 2.45) is 11.1 Å². The molecular formula is C13H26N2. The van der Waals surface area contributed by atoms with E-state index in [-0.39, 0.29) is 0 Å². The first-order valence-electron chi connectivity index (χ1n) is 6.63. The maximum atomic E-state index is 5.71. The fraction of sp³-hybridized carbons (Fsp3) is 1.00. The second kappa shape index (κ2) is 4.42. The molecule has 1 saturated heterocycles. The predicted octanol–water partition coefficient (Wildman–Crippen LogP) is 2.38. The number of rotatable bonds is 4. The van der Waals surface area contributed by atoms with E-state index in [1.165, 1.54) is 45.1 Å². The van der Waals surface area contributed by atoms with Crippen LogP contribution >= 0.6 is 0 Å². The maximum absolute atomic E-state index is 5.71. The molecule has 0 radical (unpaired) electrons. The molecule has 2 rings (SSSR count). The summed E-state index contributed by atoms with van der Waals surface area (Å²) in [5, 5.41) is 0. The summed E-state index contributed by atoms with van der Waals surface area (Å²) in [5.41, 5.74) is 6.33. The van der Waals surface area contributed by atoms with Gasteiger partial charge in [-0.05, 0) is 57.9 Å². The number of likely N-dealkylation sites (tertiary alicyclic amines) is 1. The van der Waals surface area contributed by atoms with E-state index >= 15 is 0 Å². The second-order valence-corrected chi connectivity index (χ2v) is 5.84. The zero-order valence-corrected chi connectivity index (χ0v) is 10.3. The Kier molecular flexibility index (Phi) is 3.36. The molecule has 1 saturated carbocycles. The van der Waals surface area contributed by atoms with Crippen LogP contribution in [0.3, 0.4) is 0 Å². The van der Waals surface area contributed by atoms with Crippen molar-refractivity contribution in [3.8, 4) is 0 Å². The highest BCUT2D eigenvalue weighted by Crippen LogP contribution is 2.50. The van der Waals surface area contributed by atoms with E-state index in [0.717, 1.165) is 18.6 Å². The van der Waals surface area contributed by atoms with Crippen molar-refractivity contribution in [1.82, 2.24) is 4.90 Å². The summed E-state index contributed by atoms with van der Waals surface area (Å²) in [6.07, 6.45) is 8.28. The first-order valence-corrected chi connectivity index (χ1v) is 6.63. The fourth-order valence-corrected chi connectivity index (χ4v) is 3.14. The highest BCUT2D eigenvalue weighted by molar-refractivity contribution is 4.97. The van der Waals surface area contributed by atoms with Gasteiger partial charge in [-0.3, -0.25) is 4.90 Å². The lowest BCUT2D eigenvalue weighted by Gasteiger charge is -2.41. The van der Waals surface area contributed by atoms with Crippen LogP contribution in [0.5, 0.6) is 0 Å². The molecule has 0 aromatic carbocycles. The molecule has 0 spiro atoms. The minimum absolute atomic E-state index is 0.620. The summed E-state index contributed by atoms with van der Waals surface area (Å²) in [6, 6.07) is 1.59. The molecule has 2 nitrogen and oxygen atoms in total. The fourth-order valence-electron chi connectivity index (χ4n) is 3.14. The van der Waals surface area contributed by atoms with E-state index in [2.05, 4.69) is 18.7 Å². The molecule has 15 heavy (non-hydrogen) atoms. The Morgan fingerprint density at radius 2 is 1.80 bits per heavy atom. The van der Waals surface area contributed by atoms with Crippen molar-refractivity contribution < 1.29 is 0 Å². The molecule has 1 heterocycles. The summed E-state index contributed by atoms with van der Waals surface area (Å²) in [4.78, 5) is 2.74. The summed E-state index contributed by atoms with van der Waals surface area (Å²) in [7, 11) is 0.